The molecule has 0 unspecified atom stereocenters. The van der Waals surface area contributed by atoms with E-state index >= 15 is 0 Å². The summed E-state index contributed by atoms with van der Waals surface area (Å²) in [7, 11) is 0. The quantitative estimate of drug-likeness (QED) is 0.339. The van der Waals surface area contributed by atoms with Crippen LogP contribution in [0, 0.1) is 0 Å². The lowest BCUT2D eigenvalue weighted by molar-refractivity contribution is -0.137. The predicted octanol–water partition coefficient (Wildman–Crippen LogP) is 4.46. The summed E-state index contributed by atoms with van der Waals surface area (Å²) in [5.41, 5.74) is 5.91. The molecule has 8 heteroatoms. The molecule has 7 nitrogen and oxygen atoms in total. The van der Waals surface area contributed by atoms with Gasteiger partial charge in [-0.25, -0.2) is 0 Å². The molecule has 2 fully saturated rings. The lowest BCUT2D eigenvalue weighted by Crippen LogP contribution is -2.58. The second kappa shape index (κ2) is 13.9. The summed E-state index contributed by atoms with van der Waals surface area (Å²) in [6, 6.07) is 23.9. The number of nitrogens with zero attached hydrogens (tertiary/aromatic N) is 2. The zero-order valence-electron chi connectivity index (χ0n) is 24.7. The molecule has 0 bridgehead atoms. The topological polar surface area (TPSA) is 76.7 Å². The molecule has 0 spiro atoms. The van der Waals surface area contributed by atoms with E-state index in [0.717, 1.165) is 25.2 Å². The third-order valence-corrected chi connectivity index (χ3v) is 9.48. The van der Waals surface area contributed by atoms with E-state index in [4.69, 9.17) is 11.6 Å². The predicted molar refractivity (Wildman–Crippen MR) is 172 cm³/mol. The third-order valence-electron chi connectivity index (χ3n) is 9.23. The van der Waals surface area contributed by atoms with Gasteiger partial charge in [0.05, 0.1) is 6.04 Å². The molecule has 6 rings (SSSR count). The van der Waals surface area contributed by atoms with Crippen LogP contribution in [0.2, 0.25) is 5.02 Å². The number of carbonyl (C=O) groups excluding carboxylic acids is 2. The van der Waals surface area contributed by atoms with E-state index in [2.05, 4.69) is 57.2 Å². The first kappa shape index (κ1) is 29.7. The second-order valence-electron chi connectivity index (χ2n) is 12.1. The van der Waals surface area contributed by atoms with Crippen molar-refractivity contribution in [3.8, 4) is 0 Å². The fraction of sp³-hybridized carbons (Fsp3) is 0.429. The number of nitrogens with one attached hydrogen (secondary N) is 3. The first-order valence-electron chi connectivity index (χ1n) is 15.7. The molecule has 2 atom stereocenters. The highest BCUT2D eigenvalue weighted by Crippen LogP contribution is 2.24. The number of halogens is 1. The van der Waals surface area contributed by atoms with E-state index in [9.17, 15) is 9.59 Å². The molecule has 3 aliphatic rings. The monoisotopic (exact) mass is 599 g/mol. The Morgan fingerprint density at radius 3 is 2.35 bits per heavy atom. The number of rotatable bonds is 9. The van der Waals surface area contributed by atoms with Crippen molar-refractivity contribution in [3.05, 3.63) is 100 Å². The summed E-state index contributed by atoms with van der Waals surface area (Å²) in [6.45, 7) is 4.26. The average molecular weight is 600 g/mol. The lowest BCUT2D eigenvalue weighted by Gasteiger charge is -2.38. The number of para-hydroxylation sites is 1. The van der Waals surface area contributed by atoms with Gasteiger partial charge in [0.25, 0.3) is 0 Å². The second-order valence-corrected chi connectivity index (χ2v) is 12.5. The van der Waals surface area contributed by atoms with Gasteiger partial charge in [-0.3, -0.25) is 9.59 Å². The number of carbonyl (C=O) groups is 2. The normalized spacial score (nSPS) is 19.6. The molecule has 0 radical (unpaired) electrons. The van der Waals surface area contributed by atoms with Crippen molar-refractivity contribution < 1.29 is 9.59 Å². The summed E-state index contributed by atoms with van der Waals surface area (Å²) < 4.78 is 0. The largest absolute Gasteiger partial charge is 0.368 e. The highest BCUT2D eigenvalue weighted by atomic mass is 35.5. The molecule has 1 saturated carbocycles. The highest BCUT2D eigenvalue weighted by molar-refractivity contribution is 6.30. The summed E-state index contributed by atoms with van der Waals surface area (Å²) in [6.07, 6.45) is 6.19. The Hall–Kier alpha value is -3.39. The first-order valence-corrected chi connectivity index (χ1v) is 16.1. The lowest BCUT2D eigenvalue weighted by atomic mass is 9.95. The van der Waals surface area contributed by atoms with Gasteiger partial charge >= 0.3 is 0 Å². The van der Waals surface area contributed by atoms with Crippen molar-refractivity contribution in [1.82, 2.24) is 20.9 Å². The smallest absolute Gasteiger partial charge is 0.245 e. The van der Waals surface area contributed by atoms with Crippen molar-refractivity contribution in [1.29, 1.82) is 0 Å². The highest BCUT2D eigenvalue weighted by Gasteiger charge is 2.32. The van der Waals surface area contributed by atoms with Gasteiger partial charge in [0.15, 0.2) is 0 Å². The average Bonchev–Trinajstić information content (AvgIpc) is 3.58. The van der Waals surface area contributed by atoms with Crippen LogP contribution in [0.5, 0.6) is 0 Å². The maximum absolute atomic E-state index is 14.0. The minimum Gasteiger partial charge on any atom is -0.368 e. The van der Waals surface area contributed by atoms with E-state index in [-0.39, 0.29) is 17.9 Å². The molecule has 3 aromatic rings. The van der Waals surface area contributed by atoms with Crippen molar-refractivity contribution >= 4 is 29.1 Å². The SMILES string of the molecule is O=C(N[C@H](Cc1ccc(Cl)cc1)C(=O)N1CCN(c2ccccc2CNC2CCCC2)CC1)[C@H]1Cc2ccccc2CN1. The number of fused-ring (bicyclic) bond motifs is 1. The van der Waals surface area contributed by atoms with Gasteiger partial charge in [0, 0.05) is 62.4 Å². The summed E-state index contributed by atoms with van der Waals surface area (Å²) >= 11 is 6.13. The molecular formula is C35H42ClN5O2. The summed E-state index contributed by atoms with van der Waals surface area (Å²) in [5.74, 6) is -0.167. The zero-order chi connectivity index (χ0) is 29.6. The zero-order valence-corrected chi connectivity index (χ0v) is 25.5. The Bertz CT molecular complexity index is 1400. The van der Waals surface area contributed by atoms with Crippen LogP contribution in [0.25, 0.3) is 0 Å². The van der Waals surface area contributed by atoms with Gasteiger partial charge in [-0.1, -0.05) is 79.0 Å². The fourth-order valence-electron chi connectivity index (χ4n) is 6.71. The third kappa shape index (κ3) is 7.40. The van der Waals surface area contributed by atoms with Crippen molar-refractivity contribution in [2.75, 3.05) is 31.1 Å². The van der Waals surface area contributed by atoms with Crippen molar-refractivity contribution in [2.24, 2.45) is 0 Å². The van der Waals surface area contributed by atoms with Gasteiger partial charge in [-0.15, -0.1) is 0 Å². The number of amides is 2. The Balaban J connectivity index is 1.11. The Morgan fingerprint density at radius 1 is 0.884 bits per heavy atom. The molecule has 3 aromatic carbocycles. The number of hydrogen-bond donors (Lipinski definition) is 3. The van der Waals surface area contributed by atoms with Gasteiger partial charge in [0.1, 0.15) is 6.04 Å². The van der Waals surface area contributed by atoms with E-state index in [1.165, 1.54) is 48.1 Å². The molecule has 226 valence electrons. The standard InChI is InChI=1S/C35H42ClN5O2/c36-29-15-13-25(14-16-29)21-32(39-34(42)31-22-26-7-1-2-8-27(26)23-38-31)35(43)41-19-17-40(18-20-41)33-12-6-3-9-28(33)24-37-30-10-4-5-11-30/h1-3,6-9,12-16,30-32,37-38H,4-5,10-11,17-24H2,(H,39,42)/t31-,32-/m1/s1. The molecule has 1 saturated heterocycles. The number of anilines is 1. The molecule has 2 aliphatic heterocycles. The maximum atomic E-state index is 14.0. The molecular weight excluding hydrogens is 558 g/mol. The van der Waals surface area contributed by atoms with Crippen LogP contribution in [-0.2, 0) is 35.5 Å². The van der Waals surface area contributed by atoms with E-state index in [0.29, 0.717) is 43.5 Å². The number of benzene rings is 3. The molecule has 3 N–H and O–H groups in total. The van der Waals surface area contributed by atoms with Crippen LogP contribution < -0.4 is 20.9 Å². The number of hydrogen-bond acceptors (Lipinski definition) is 5. The minimum absolute atomic E-state index is 0.0321. The Labute approximate surface area is 260 Å². The number of piperazine rings is 1. The molecule has 2 heterocycles. The van der Waals surface area contributed by atoms with Gasteiger partial charge in [0.2, 0.25) is 11.8 Å². The van der Waals surface area contributed by atoms with Crippen LogP contribution in [0.1, 0.15) is 47.9 Å². The molecule has 0 aromatic heterocycles. The summed E-state index contributed by atoms with van der Waals surface area (Å²) in [4.78, 5) is 31.8. The van der Waals surface area contributed by atoms with E-state index in [1.54, 1.807) is 0 Å². The van der Waals surface area contributed by atoms with Gasteiger partial charge in [-0.2, -0.15) is 0 Å². The van der Waals surface area contributed by atoms with Crippen LogP contribution in [0.4, 0.5) is 5.69 Å². The van der Waals surface area contributed by atoms with Crippen molar-refractivity contribution in [3.63, 3.8) is 0 Å². The Morgan fingerprint density at radius 2 is 1.58 bits per heavy atom. The van der Waals surface area contributed by atoms with Crippen molar-refractivity contribution in [2.45, 2.75) is 69.7 Å². The van der Waals surface area contributed by atoms with E-state index < -0.39 is 6.04 Å². The molecule has 2 amide bonds. The molecule has 43 heavy (non-hydrogen) atoms. The Kier molecular flexibility index (Phi) is 9.61. The first-order chi connectivity index (χ1) is 21.0. The van der Waals surface area contributed by atoms with Crippen LogP contribution in [0.3, 0.4) is 0 Å². The van der Waals surface area contributed by atoms with Crippen LogP contribution in [0.15, 0.2) is 72.8 Å². The van der Waals surface area contributed by atoms with Crippen LogP contribution in [-0.4, -0.2) is 61.0 Å². The fourth-order valence-corrected chi connectivity index (χ4v) is 6.84. The van der Waals surface area contributed by atoms with Gasteiger partial charge < -0.3 is 25.8 Å². The van der Waals surface area contributed by atoms with Gasteiger partial charge in [-0.05, 0) is 59.7 Å². The molecule has 1 aliphatic carbocycles. The van der Waals surface area contributed by atoms with Crippen LogP contribution >= 0.6 is 11.6 Å². The minimum atomic E-state index is -0.651. The van der Waals surface area contributed by atoms with E-state index in [1.807, 2.05) is 41.3 Å². The summed E-state index contributed by atoms with van der Waals surface area (Å²) in [5, 5.41) is 10.9. The maximum Gasteiger partial charge on any atom is 0.245 e.